The number of fused-ring (bicyclic) bond motifs is 1. The van der Waals surface area contributed by atoms with E-state index >= 15 is 0 Å². The lowest BCUT2D eigenvalue weighted by molar-refractivity contribution is 0.122. The van der Waals surface area contributed by atoms with Crippen LogP contribution in [0.4, 0.5) is 0 Å². The van der Waals surface area contributed by atoms with Crippen LogP contribution in [0, 0.1) is 0 Å². The SMILES string of the molecule is COc1ccc(CN2CCN(Cc3cc(OC)c4c(c3)OCO4)CC2)cc1Br. The highest BCUT2D eigenvalue weighted by Crippen LogP contribution is 2.42. The Morgan fingerprint density at radius 1 is 0.857 bits per heavy atom. The molecule has 0 N–H and O–H groups in total. The van der Waals surface area contributed by atoms with Crippen LogP contribution in [0.5, 0.6) is 23.0 Å². The van der Waals surface area contributed by atoms with Crippen molar-refractivity contribution in [2.75, 3.05) is 47.2 Å². The number of halogens is 1. The Bertz CT molecular complexity index is 837. The summed E-state index contributed by atoms with van der Waals surface area (Å²) in [7, 11) is 3.35. The molecule has 0 amide bonds. The van der Waals surface area contributed by atoms with E-state index in [0.717, 1.165) is 61.0 Å². The topological polar surface area (TPSA) is 43.4 Å². The third kappa shape index (κ3) is 4.21. The van der Waals surface area contributed by atoms with Crippen molar-refractivity contribution in [2.45, 2.75) is 13.1 Å². The van der Waals surface area contributed by atoms with Gasteiger partial charge in [-0.3, -0.25) is 9.80 Å². The molecule has 2 aromatic rings. The van der Waals surface area contributed by atoms with E-state index in [4.69, 9.17) is 18.9 Å². The second-order valence-corrected chi connectivity index (χ2v) is 7.91. The van der Waals surface area contributed by atoms with Crippen LogP contribution in [0.2, 0.25) is 0 Å². The smallest absolute Gasteiger partial charge is 0.231 e. The molecule has 4 rings (SSSR count). The molecule has 0 saturated carbocycles. The van der Waals surface area contributed by atoms with Gasteiger partial charge in [0.25, 0.3) is 0 Å². The number of hydrogen-bond acceptors (Lipinski definition) is 6. The lowest BCUT2D eigenvalue weighted by Gasteiger charge is -2.34. The fraction of sp³-hybridized carbons (Fsp3) is 0.429. The van der Waals surface area contributed by atoms with Crippen LogP contribution >= 0.6 is 15.9 Å². The molecule has 2 aromatic carbocycles. The van der Waals surface area contributed by atoms with Crippen molar-refractivity contribution in [3.63, 3.8) is 0 Å². The highest BCUT2D eigenvalue weighted by Gasteiger charge is 2.22. The zero-order chi connectivity index (χ0) is 19.5. The van der Waals surface area contributed by atoms with Crippen LogP contribution in [0.15, 0.2) is 34.8 Å². The Hall–Kier alpha value is -1.96. The maximum atomic E-state index is 5.54. The highest BCUT2D eigenvalue weighted by molar-refractivity contribution is 9.10. The highest BCUT2D eigenvalue weighted by atomic mass is 79.9. The fourth-order valence-electron chi connectivity index (χ4n) is 3.71. The fourth-order valence-corrected chi connectivity index (χ4v) is 4.29. The summed E-state index contributed by atoms with van der Waals surface area (Å²) in [6.45, 7) is 6.26. The monoisotopic (exact) mass is 448 g/mol. The second kappa shape index (κ2) is 8.59. The van der Waals surface area contributed by atoms with Gasteiger partial charge in [0, 0.05) is 39.3 Å². The minimum atomic E-state index is 0.259. The number of benzene rings is 2. The summed E-state index contributed by atoms with van der Waals surface area (Å²) >= 11 is 3.57. The van der Waals surface area contributed by atoms with Gasteiger partial charge >= 0.3 is 0 Å². The van der Waals surface area contributed by atoms with Crippen LogP contribution in [0.1, 0.15) is 11.1 Å². The van der Waals surface area contributed by atoms with Crippen molar-refractivity contribution >= 4 is 15.9 Å². The molecule has 0 radical (unpaired) electrons. The van der Waals surface area contributed by atoms with Crippen LogP contribution in [-0.4, -0.2) is 57.0 Å². The largest absolute Gasteiger partial charge is 0.496 e. The van der Waals surface area contributed by atoms with E-state index in [2.05, 4.69) is 50.0 Å². The average Bonchev–Trinajstić information content (AvgIpc) is 3.18. The summed E-state index contributed by atoms with van der Waals surface area (Å²) in [5.41, 5.74) is 2.48. The lowest BCUT2D eigenvalue weighted by Crippen LogP contribution is -2.45. The summed E-state index contributed by atoms with van der Waals surface area (Å²) in [4.78, 5) is 4.96. The third-order valence-corrected chi connectivity index (χ3v) is 5.83. The van der Waals surface area contributed by atoms with E-state index in [0.29, 0.717) is 5.75 Å². The number of hydrogen-bond donors (Lipinski definition) is 0. The first-order valence-corrected chi connectivity index (χ1v) is 10.2. The lowest BCUT2D eigenvalue weighted by atomic mass is 10.1. The van der Waals surface area contributed by atoms with E-state index in [1.165, 1.54) is 11.1 Å². The maximum Gasteiger partial charge on any atom is 0.231 e. The Balaban J connectivity index is 1.33. The van der Waals surface area contributed by atoms with Crippen molar-refractivity contribution in [3.05, 3.63) is 45.9 Å². The molecule has 0 aromatic heterocycles. The van der Waals surface area contributed by atoms with Gasteiger partial charge < -0.3 is 18.9 Å². The average molecular weight is 449 g/mol. The predicted molar refractivity (Wildman–Crippen MR) is 110 cm³/mol. The number of rotatable bonds is 6. The summed E-state index contributed by atoms with van der Waals surface area (Å²) < 4.78 is 22.8. The Labute approximate surface area is 174 Å². The molecule has 2 aliphatic rings. The van der Waals surface area contributed by atoms with E-state index in [1.54, 1.807) is 14.2 Å². The molecule has 0 spiro atoms. The van der Waals surface area contributed by atoms with Crippen LogP contribution < -0.4 is 18.9 Å². The van der Waals surface area contributed by atoms with Crippen molar-refractivity contribution in [2.24, 2.45) is 0 Å². The number of nitrogens with zero attached hydrogens (tertiary/aromatic N) is 2. The number of piperazine rings is 1. The van der Waals surface area contributed by atoms with Gasteiger partial charge in [0.05, 0.1) is 18.7 Å². The molecule has 6 nitrogen and oxygen atoms in total. The summed E-state index contributed by atoms with van der Waals surface area (Å²) in [5, 5.41) is 0. The Morgan fingerprint density at radius 2 is 1.54 bits per heavy atom. The first-order valence-electron chi connectivity index (χ1n) is 9.40. The summed E-state index contributed by atoms with van der Waals surface area (Å²) in [6, 6.07) is 10.4. The van der Waals surface area contributed by atoms with Gasteiger partial charge in [-0.25, -0.2) is 0 Å². The van der Waals surface area contributed by atoms with Gasteiger partial charge in [0.15, 0.2) is 11.5 Å². The Morgan fingerprint density at radius 3 is 2.18 bits per heavy atom. The Kier molecular flexibility index (Phi) is 5.94. The summed E-state index contributed by atoms with van der Waals surface area (Å²) in [5.74, 6) is 3.10. The molecule has 150 valence electrons. The summed E-state index contributed by atoms with van der Waals surface area (Å²) in [6.07, 6.45) is 0. The first kappa shape index (κ1) is 19.4. The van der Waals surface area contributed by atoms with Gasteiger partial charge in [-0.05, 0) is 51.3 Å². The third-order valence-electron chi connectivity index (χ3n) is 5.21. The van der Waals surface area contributed by atoms with E-state index < -0.39 is 0 Å². The zero-order valence-corrected chi connectivity index (χ0v) is 17.8. The number of ether oxygens (including phenoxy) is 4. The minimum absolute atomic E-state index is 0.259. The molecule has 1 saturated heterocycles. The van der Waals surface area contributed by atoms with Gasteiger partial charge in [0.2, 0.25) is 12.5 Å². The standard InChI is InChI=1S/C21H25BrN2O4/c1-25-18-4-3-15(9-17(18)22)12-23-5-7-24(8-6-23)13-16-10-19(26-2)21-20(11-16)27-14-28-21/h3-4,9-11H,5-8,12-14H2,1-2H3. The molecule has 28 heavy (non-hydrogen) atoms. The van der Waals surface area contributed by atoms with Crippen molar-refractivity contribution < 1.29 is 18.9 Å². The molecule has 0 atom stereocenters. The molecule has 2 heterocycles. The molecular formula is C21H25BrN2O4. The molecule has 1 fully saturated rings. The van der Waals surface area contributed by atoms with E-state index in [-0.39, 0.29) is 6.79 Å². The minimum Gasteiger partial charge on any atom is -0.496 e. The normalized spacial score (nSPS) is 17.0. The molecule has 0 unspecified atom stereocenters. The molecule has 7 heteroatoms. The van der Waals surface area contributed by atoms with Crippen LogP contribution in [-0.2, 0) is 13.1 Å². The number of methoxy groups -OCH3 is 2. The predicted octanol–water partition coefficient (Wildman–Crippen LogP) is 3.51. The van der Waals surface area contributed by atoms with Crippen molar-refractivity contribution in [1.29, 1.82) is 0 Å². The maximum absolute atomic E-state index is 5.54. The van der Waals surface area contributed by atoms with Crippen LogP contribution in [0.25, 0.3) is 0 Å². The van der Waals surface area contributed by atoms with Crippen LogP contribution in [0.3, 0.4) is 0 Å². The first-order chi connectivity index (χ1) is 13.7. The van der Waals surface area contributed by atoms with Gasteiger partial charge in [0.1, 0.15) is 5.75 Å². The van der Waals surface area contributed by atoms with Crippen molar-refractivity contribution in [1.82, 2.24) is 9.80 Å². The van der Waals surface area contributed by atoms with Gasteiger partial charge in [-0.15, -0.1) is 0 Å². The van der Waals surface area contributed by atoms with Gasteiger partial charge in [-0.1, -0.05) is 6.07 Å². The molecule has 0 bridgehead atoms. The second-order valence-electron chi connectivity index (χ2n) is 7.05. The van der Waals surface area contributed by atoms with E-state index in [9.17, 15) is 0 Å². The van der Waals surface area contributed by atoms with E-state index in [1.807, 2.05) is 6.07 Å². The quantitative estimate of drug-likeness (QED) is 0.673. The molecular weight excluding hydrogens is 424 g/mol. The van der Waals surface area contributed by atoms with Gasteiger partial charge in [-0.2, -0.15) is 0 Å². The molecule has 2 aliphatic heterocycles. The molecule has 0 aliphatic carbocycles. The van der Waals surface area contributed by atoms with Crippen molar-refractivity contribution in [3.8, 4) is 23.0 Å². The zero-order valence-electron chi connectivity index (χ0n) is 16.2.